The average Bonchev–Trinajstić information content (AvgIpc) is 2.86. The van der Waals surface area contributed by atoms with Crippen molar-refractivity contribution in [3.8, 4) is 0 Å². The zero-order valence-electron chi connectivity index (χ0n) is 12.5. The monoisotopic (exact) mass is 270 g/mol. The number of morpholine rings is 1. The second-order valence-corrected chi connectivity index (χ2v) is 6.31. The molecular weight excluding hydrogens is 240 g/mol. The minimum atomic E-state index is 0.244. The Labute approximate surface area is 117 Å². The van der Waals surface area contributed by atoms with Crippen LogP contribution < -0.4 is 5.73 Å². The Morgan fingerprint density at radius 1 is 1.26 bits per heavy atom. The van der Waals surface area contributed by atoms with Crippen LogP contribution in [0.25, 0.3) is 0 Å². The van der Waals surface area contributed by atoms with E-state index in [4.69, 9.17) is 15.2 Å². The molecule has 0 aromatic carbocycles. The van der Waals surface area contributed by atoms with E-state index in [0.29, 0.717) is 17.9 Å². The van der Waals surface area contributed by atoms with Crippen molar-refractivity contribution in [2.45, 2.75) is 45.3 Å². The molecule has 3 atom stereocenters. The normalized spacial score (nSPS) is 33.2. The van der Waals surface area contributed by atoms with Crippen LogP contribution in [0.15, 0.2) is 0 Å². The summed E-state index contributed by atoms with van der Waals surface area (Å²) in [6, 6.07) is 0.600. The fourth-order valence-electron chi connectivity index (χ4n) is 3.31. The van der Waals surface area contributed by atoms with Crippen LogP contribution in [0.4, 0.5) is 0 Å². The predicted molar refractivity (Wildman–Crippen MR) is 77.2 cm³/mol. The summed E-state index contributed by atoms with van der Waals surface area (Å²) in [6.45, 7) is 9.78. The van der Waals surface area contributed by atoms with Crippen LogP contribution in [0.2, 0.25) is 0 Å². The predicted octanol–water partition coefficient (Wildman–Crippen LogP) is 1.49. The molecule has 0 radical (unpaired) electrons. The first kappa shape index (κ1) is 15.2. The summed E-state index contributed by atoms with van der Waals surface area (Å²) in [7, 11) is 0. The Bertz CT molecular complexity index is 261. The van der Waals surface area contributed by atoms with E-state index in [1.54, 1.807) is 0 Å². The first-order valence-corrected chi connectivity index (χ1v) is 7.84. The van der Waals surface area contributed by atoms with Gasteiger partial charge in [-0.1, -0.05) is 6.42 Å². The molecular formula is C15H30N2O2. The maximum absolute atomic E-state index is 5.91. The lowest BCUT2D eigenvalue weighted by Gasteiger charge is -2.35. The molecule has 2 fully saturated rings. The molecule has 0 amide bonds. The molecule has 1 heterocycles. The minimum Gasteiger partial charge on any atom is -0.378 e. The van der Waals surface area contributed by atoms with E-state index >= 15 is 0 Å². The van der Waals surface area contributed by atoms with E-state index in [0.717, 1.165) is 39.5 Å². The van der Waals surface area contributed by atoms with Gasteiger partial charge in [0.25, 0.3) is 0 Å². The van der Waals surface area contributed by atoms with Gasteiger partial charge in [0.15, 0.2) is 0 Å². The highest BCUT2D eigenvalue weighted by atomic mass is 16.5. The molecule has 3 unspecified atom stereocenters. The van der Waals surface area contributed by atoms with Crippen LogP contribution in [-0.2, 0) is 9.47 Å². The zero-order chi connectivity index (χ0) is 13.7. The van der Waals surface area contributed by atoms with Gasteiger partial charge in [0.2, 0.25) is 0 Å². The van der Waals surface area contributed by atoms with Crippen molar-refractivity contribution >= 4 is 0 Å². The number of nitrogens with two attached hydrogens (primary N) is 1. The van der Waals surface area contributed by atoms with Gasteiger partial charge in [-0.2, -0.15) is 0 Å². The zero-order valence-corrected chi connectivity index (χ0v) is 12.5. The van der Waals surface area contributed by atoms with Crippen molar-refractivity contribution in [3.63, 3.8) is 0 Å². The molecule has 0 aromatic rings. The highest BCUT2D eigenvalue weighted by Crippen LogP contribution is 2.31. The second-order valence-electron chi connectivity index (χ2n) is 6.31. The van der Waals surface area contributed by atoms with Crippen LogP contribution in [0.5, 0.6) is 0 Å². The molecule has 4 nitrogen and oxygen atoms in total. The fourth-order valence-corrected chi connectivity index (χ4v) is 3.31. The Morgan fingerprint density at radius 2 is 2.05 bits per heavy atom. The standard InChI is InChI=1S/C15H30N2O2/c1-12(2)17-6-7-19-15(9-17)11-18-10-14-5-3-4-13(14)8-16/h12-15H,3-11,16H2,1-2H3. The number of hydrogen-bond acceptors (Lipinski definition) is 4. The SMILES string of the molecule is CC(C)N1CCOC(COCC2CCCC2CN)C1. The minimum absolute atomic E-state index is 0.244. The lowest BCUT2D eigenvalue weighted by molar-refractivity contribution is -0.0807. The maximum Gasteiger partial charge on any atom is 0.0935 e. The van der Waals surface area contributed by atoms with Gasteiger partial charge >= 0.3 is 0 Å². The molecule has 0 aromatic heterocycles. The molecule has 112 valence electrons. The third-order valence-electron chi connectivity index (χ3n) is 4.66. The maximum atomic E-state index is 5.91. The van der Waals surface area contributed by atoms with Gasteiger partial charge in [0.1, 0.15) is 0 Å². The van der Waals surface area contributed by atoms with Crippen LogP contribution in [-0.4, -0.2) is 56.5 Å². The van der Waals surface area contributed by atoms with E-state index in [9.17, 15) is 0 Å². The Morgan fingerprint density at radius 3 is 2.79 bits per heavy atom. The first-order chi connectivity index (χ1) is 9.20. The van der Waals surface area contributed by atoms with E-state index in [-0.39, 0.29) is 6.10 Å². The largest absolute Gasteiger partial charge is 0.378 e. The summed E-state index contributed by atoms with van der Waals surface area (Å²) in [5.74, 6) is 1.36. The topological polar surface area (TPSA) is 47.7 Å². The van der Waals surface area contributed by atoms with E-state index in [1.807, 2.05) is 0 Å². The van der Waals surface area contributed by atoms with Crippen molar-refractivity contribution in [3.05, 3.63) is 0 Å². The lowest BCUT2D eigenvalue weighted by Crippen LogP contribution is -2.47. The van der Waals surface area contributed by atoms with Crippen LogP contribution in [0.1, 0.15) is 33.1 Å². The number of rotatable bonds is 6. The Hall–Kier alpha value is -0.160. The molecule has 1 aliphatic carbocycles. The van der Waals surface area contributed by atoms with Gasteiger partial charge in [-0.05, 0) is 45.1 Å². The highest BCUT2D eigenvalue weighted by molar-refractivity contribution is 4.78. The number of ether oxygens (including phenoxy) is 2. The molecule has 19 heavy (non-hydrogen) atoms. The van der Waals surface area contributed by atoms with Gasteiger partial charge in [-0.25, -0.2) is 0 Å². The van der Waals surface area contributed by atoms with Crippen LogP contribution in [0, 0.1) is 11.8 Å². The van der Waals surface area contributed by atoms with Crippen molar-refractivity contribution in [1.82, 2.24) is 4.90 Å². The van der Waals surface area contributed by atoms with Crippen LogP contribution in [0.3, 0.4) is 0 Å². The van der Waals surface area contributed by atoms with E-state index < -0.39 is 0 Å². The van der Waals surface area contributed by atoms with Gasteiger partial charge in [0.05, 0.1) is 19.3 Å². The average molecular weight is 270 g/mol. The van der Waals surface area contributed by atoms with E-state index in [2.05, 4.69) is 18.7 Å². The molecule has 2 rings (SSSR count). The third kappa shape index (κ3) is 4.42. The second kappa shape index (κ2) is 7.58. The molecule has 1 saturated carbocycles. The Balaban J connectivity index is 1.65. The summed E-state index contributed by atoms with van der Waals surface area (Å²) in [6.07, 6.45) is 4.13. The molecule has 1 saturated heterocycles. The van der Waals surface area contributed by atoms with Crippen molar-refractivity contribution < 1.29 is 9.47 Å². The Kier molecular flexibility index (Phi) is 6.07. The van der Waals surface area contributed by atoms with Crippen LogP contribution >= 0.6 is 0 Å². The molecule has 0 bridgehead atoms. The third-order valence-corrected chi connectivity index (χ3v) is 4.66. The molecule has 2 aliphatic rings. The lowest BCUT2D eigenvalue weighted by atomic mass is 9.97. The molecule has 0 spiro atoms. The quantitative estimate of drug-likeness (QED) is 0.794. The number of hydrogen-bond donors (Lipinski definition) is 1. The number of nitrogens with zero attached hydrogens (tertiary/aromatic N) is 1. The van der Waals surface area contributed by atoms with Gasteiger partial charge in [0, 0.05) is 25.7 Å². The van der Waals surface area contributed by atoms with Gasteiger partial charge in [-0.3, -0.25) is 4.90 Å². The molecule has 1 aliphatic heterocycles. The highest BCUT2D eigenvalue weighted by Gasteiger charge is 2.27. The van der Waals surface area contributed by atoms with Crippen molar-refractivity contribution in [1.29, 1.82) is 0 Å². The summed E-state index contributed by atoms with van der Waals surface area (Å²) in [5, 5.41) is 0. The summed E-state index contributed by atoms with van der Waals surface area (Å²) < 4.78 is 11.7. The van der Waals surface area contributed by atoms with Crippen molar-refractivity contribution in [2.75, 3.05) is 39.5 Å². The smallest absolute Gasteiger partial charge is 0.0935 e. The molecule has 2 N–H and O–H groups in total. The molecule has 4 heteroatoms. The summed E-state index contributed by atoms with van der Waals surface area (Å²) in [4.78, 5) is 2.47. The van der Waals surface area contributed by atoms with Gasteiger partial charge < -0.3 is 15.2 Å². The summed E-state index contributed by atoms with van der Waals surface area (Å²) in [5.41, 5.74) is 5.80. The van der Waals surface area contributed by atoms with Crippen molar-refractivity contribution in [2.24, 2.45) is 17.6 Å². The summed E-state index contributed by atoms with van der Waals surface area (Å²) >= 11 is 0. The first-order valence-electron chi connectivity index (χ1n) is 7.84. The van der Waals surface area contributed by atoms with E-state index in [1.165, 1.54) is 19.3 Å². The van der Waals surface area contributed by atoms with Gasteiger partial charge in [-0.15, -0.1) is 0 Å². The fraction of sp³-hybridized carbons (Fsp3) is 1.00.